The van der Waals surface area contributed by atoms with Gasteiger partial charge in [-0.25, -0.2) is 4.98 Å². The first kappa shape index (κ1) is 17.3. The first-order valence-electron chi connectivity index (χ1n) is 9.34. The van der Waals surface area contributed by atoms with Gasteiger partial charge in [-0.3, -0.25) is 0 Å². The largest absolute Gasteiger partial charge is 0.489 e. The molecule has 1 aliphatic rings. The van der Waals surface area contributed by atoms with Gasteiger partial charge >= 0.3 is 0 Å². The summed E-state index contributed by atoms with van der Waals surface area (Å²) in [4.78, 5) is 11.5. The fourth-order valence-electron chi connectivity index (χ4n) is 3.47. The van der Waals surface area contributed by atoms with Crippen molar-refractivity contribution in [1.29, 1.82) is 0 Å². The van der Waals surface area contributed by atoms with Crippen molar-refractivity contribution in [1.82, 2.24) is 9.97 Å². The smallest absolute Gasteiger partial charge is 0.232 e. The first-order chi connectivity index (χ1) is 13.1. The Morgan fingerprint density at radius 1 is 1.07 bits per heavy atom. The van der Waals surface area contributed by atoms with Crippen LogP contribution in [0.25, 0.3) is 0 Å². The molecule has 5 heteroatoms. The van der Waals surface area contributed by atoms with Crippen molar-refractivity contribution < 1.29 is 4.74 Å². The highest BCUT2D eigenvalue weighted by Gasteiger charge is 2.28. The number of hydrogen-bond donors (Lipinski definition) is 1. The lowest BCUT2D eigenvalue weighted by Crippen LogP contribution is -2.25. The van der Waals surface area contributed by atoms with E-state index in [0.29, 0.717) is 12.0 Å². The molecule has 0 spiro atoms. The summed E-state index contributed by atoms with van der Waals surface area (Å²) in [6.07, 6.45) is 2.91. The van der Waals surface area contributed by atoms with Gasteiger partial charge in [0.2, 0.25) is 5.95 Å². The summed E-state index contributed by atoms with van der Waals surface area (Å²) in [6.45, 7) is 6.24. The minimum Gasteiger partial charge on any atom is -0.489 e. The molecule has 0 saturated carbocycles. The Kier molecular flexibility index (Phi) is 4.67. The maximum absolute atomic E-state index is 5.89. The van der Waals surface area contributed by atoms with Gasteiger partial charge in [-0.05, 0) is 57.0 Å². The molecule has 5 nitrogen and oxygen atoms in total. The number of ether oxygens (including phenoxy) is 1. The van der Waals surface area contributed by atoms with E-state index >= 15 is 0 Å². The summed E-state index contributed by atoms with van der Waals surface area (Å²) < 4.78 is 5.89. The topological polar surface area (TPSA) is 50.3 Å². The first-order valence-corrected chi connectivity index (χ1v) is 9.34. The Bertz CT molecular complexity index is 941. The number of nitrogens with zero attached hydrogens (tertiary/aromatic N) is 3. The molecule has 0 radical (unpaired) electrons. The van der Waals surface area contributed by atoms with Crippen LogP contribution in [0.5, 0.6) is 5.75 Å². The van der Waals surface area contributed by atoms with E-state index in [-0.39, 0.29) is 6.10 Å². The number of fused-ring (bicyclic) bond motifs is 1. The van der Waals surface area contributed by atoms with Crippen LogP contribution in [0.1, 0.15) is 26.3 Å². The van der Waals surface area contributed by atoms with Crippen molar-refractivity contribution >= 4 is 23.1 Å². The molecule has 1 aliphatic heterocycles. The van der Waals surface area contributed by atoms with E-state index in [4.69, 9.17) is 9.72 Å². The molecule has 0 saturated heterocycles. The van der Waals surface area contributed by atoms with E-state index < -0.39 is 0 Å². The number of aromatic nitrogens is 2. The van der Waals surface area contributed by atoms with Crippen LogP contribution < -0.4 is 15.0 Å². The number of nitrogens with one attached hydrogen (secondary N) is 1. The highest BCUT2D eigenvalue weighted by Crippen LogP contribution is 2.37. The van der Waals surface area contributed by atoms with Gasteiger partial charge in [0.1, 0.15) is 11.6 Å². The van der Waals surface area contributed by atoms with E-state index in [0.717, 1.165) is 23.7 Å². The monoisotopic (exact) mass is 360 g/mol. The number of benzene rings is 2. The predicted molar refractivity (Wildman–Crippen MR) is 109 cm³/mol. The molecular weight excluding hydrogens is 336 g/mol. The lowest BCUT2D eigenvalue weighted by Gasteiger charge is -2.23. The SMILES string of the molecule is CC(C)Oc1ccccc1Nc1ccnc(N2c3ccccc3CC2C)n1. The molecule has 138 valence electrons. The van der Waals surface area contributed by atoms with Crippen LogP contribution in [0.2, 0.25) is 0 Å². The van der Waals surface area contributed by atoms with Crippen LogP contribution in [-0.2, 0) is 6.42 Å². The zero-order chi connectivity index (χ0) is 18.8. The highest BCUT2D eigenvalue weighted by molar-refractivity contribution is 5.69. The molecule has 2 aromatic carbocycles. The van der Waals surface area contributed by atoms with Crippen LogP contribution in [0.4, 0.5) is 23.1 Å². The maximum atomic E-state index is 5.89. The van der Waals surface area contributed by atoms with E-state index in [1.807, 2.05) is 44.2 Å². The number of hydrogen-bond acceptors (Lipinski definition) is 5. The molecule has 4 rings (SSSR count). The highest BCUT2D eigenvalue weighted by atomic mass is 16.5. The van der Waals surface area contributed by atoms with Crippen molar-refractivity contribution in [3.63, 3.8) is 0 Å². The van der Waals surface area contributed by atoms with Gasteiger partial charge in [0.25, 0.3) is 0 Å². The Balaban J connectivity index is 1.63. The third kappa shape index (κ3) is 3.58. The lowest BCUT2D eigenvalue weighted by molar-refractivity contribution is 0.244. The molecule has 1 unspecified atom stereocenters. The normalized spacial score (nSPS) is 15.7. The van der Waals surface area contributed by atoms with E-state index in [1.54, 1.807) is 6.20 Å². The standard InChI is InChI=1S/C22H24N4O/c1-15(2)27-20-11-7-5-9-18(20)24-21-12-13-23-22(25-21)26-16(3)14-17-8-4-6-10-19(17)26/h4-13,15-16H,14H2,1-3H3,(H,23,24,25). The Labute approximate surface area is 160 Å². The van der Waals surface area contributed by atoms with Crippen molar-refractivity contribution in [2.24, 2.45) is 0 Å². The predicted octanol–water partition coefficient (Wildman–Crippen LogP) is 5.09. The van der Waals surface area contributed by atoms with E-state index in [9.17, 15) is 0 Å². The number of anilines is 4. The van der Waals surface area contributed by atoms with Crippen molar-refractivity contribution in [3.8, 4) is 5.75 Å². The molecule has 1 N–H and O–H groups in total. The molecule has 1 aromatic heterocycles. The lowest BCUT2D eigenvalue weighted by atomic mass is 10.1. The molecule has 0 amide bonds. The fraction of sp³-hybridized carbons (Fsp3) is 0.273. The average molecular weight is 360 g/mol. The van der Waals surface area contributed by atoms with Crippen LogP contribution in [0.15, 0.2) is 60.8 Å². The zero-order valence-electron chi connectivity index (χ0n) is 15.9. The minimum atomic E-state index is 0.107. The summed E-state index contributed by atoms with van der Waals surface area (Å²) in [6, 6.07) is 18.6. The molecule has 2 heterocycles. The minimum absolute atomic E-state index is 0.107. The number of rotatable bonds is 5. The Morgan fingerprint density at radius 2 is 1.85 bits per heavy atom. The third-order valence-electron chi connectivity index (χ3n) is 4.58. The van der Waals surface area contributed by atoms with Crippen molar-refractivity contribution in [2.45, 2.75) is 39.3 Å². The second-order valence-corrected chi connectivity index (χ2v) is 7.08. The molecular formula is C22H24N4O. The summed E-state index contributed by atoms with van der Waals surface area (Å²) in [5.41, 5.74) is 3.42. The van der Waals surface area contributed by atoms with Gasteiger partial charge in [0.05, 0.1) is 11.8 Å². The molecule has 3 aromatic rings. The van der Waals surface area contributed by atoms with Gasteiger partial charge in [0, 0.05) is 17.9 Å². The summed E-state index contributed by atoms with van der Waals surface area (Å²) in [5, 5.41) is 3.38. The van der Waals surface area contributed by atoms with E-state index in [2.05, 4.69) is 46.4 Å². The van der Waals surface area contributed by atoms with Crippen LogP contribution in [0, 0.1) is 0 Å². The second-order valence-electron chi connectivity index (χ2n) is 7.08. The Morgan fingerprint density at radius 3 is 2.70 bits per heavy atom. The molecule has 0 bridgehead atoms. The van der Waals surface area contributed by atoms with Gasteiger partial charge in [0.15, 0.2) is 0 Å². The van der Waals surface area contributed by atoms with E-state index in [1.165, 1.54) is 11.3 Å². The van der Waals surface area contributed by atoms with Gasteiger partial charge in [-0.2, -0.15) is 4.98 Å². The van der Waals surface area contributed by atoms with Crippen molar-refractivity contribution in [3.05, 3.63) is 66.4 Å². The molecule has 27 heavy (non-hydrogen) atoms. The molecule has 0 aliphatic carbocycles. The molecule has 1 atom stereocenters. The van der Waals surface area contributed by atoms with Gasteiger partial charge in [-0.1, -0.05) is 30.3 Å². The number of para-hydroxylation sites is 3. The zero-order valence-corrected chi connectivity index (χ0v) is 15.9. The average Bonchev–Trinajstić information content (AvgIpc) is 2.99. The van der Waals surface area contributed by atoms with Crippen LogP contribution in [0.3, 0.4) is 0 Å². The Hall–Kier alpha value is -3.08. The molecule has 0 fully saturated rings. The van der Waals surface area contributed by atoms with Crippen LogP contribution >= 0.6 is 0 Å². The fourth-order valence-corrected chi connectivity index (χ4v) is 3.47. The second kappa shape index (κ2) is 7.27. The quantitative estimate of drug-likeness (QED) is 0.687. The van der Waals surface area contributed by atoms with Crippen LogP contribution in [-0.4, -0.2) is 22.1 Å². The maximum Gasteiger partial charge on any atom is 0.232 e. The summed E-state index contributed by atoms with van der Waals surface area (Å²) in [5.74, 6) is 2.27. The summed E-state index contributed by atoms with van der Waals surface area (Å²) in [7, 11) is 0. The third-order valence-corrected chi connectivity index (χ3v) is 4.58. The van der Waals surface area contributed by atoms with Gasteiger partial charge < -0.3 is 15.0 Å². The summed E-state index contributed by atoms with van der Waals surface area (Å²) >= 11 is 0. The van der Waals surface area contributed by atoms with Crippen molar-refractivity contribution in [2.75, 3.05) is 10.2 Å². The van der Waals surface area contributed by atoms with Gasteiger partial charge in [-0.15, -0.1) is 0 Å².